The quantitative estimate of drug-likeness (QED) is 0.440. The van der Waals surface area contributed by atoms with Crippen LogP contribution in [0, 0.1) is 0 Å². The molecule has 0 bridgehead atoms. The van der Waals surface area contributed by atoms with Crippen molar-refractivity contribution in [2.75, 3.05) is 13.2 Å². The van der Waals surface area contributed by atoms with Gasteiger partial charge in [-0.1, -0.05) is 69.3 Å². The third kappa shape index (κ3) is 5.11. The topological polar surface area (TPSA) is 55.5 Å². The fourth-order valence-corrected chi connectivity index (χ4v) is 3.63. The summed E-state index contributed by atoms with van der Waals surface area (Å²) in [6.45, 7) is 7.60. The van der Waals surface area contributed by atoms with E-state index in [0.717, 1.165) is 23.3 Å². The first-order valence-electron chi connectivity index (χ1n) is 10.6. The summed E-state index contributed by atoms with van der Waals surface area (Å²) in [6.07, 6.45) is 0.892. The first kappa shape index (κ1) is 21.7. The molecule has 0 saturated heterocycles. The lowest BCUT2D eigenvalue weighted by Gasteiger charge is -2.17. The Bertz CT molecular complexity index is 969. The van der Waals surface area contributed by atoms with Crippen LogP contribution in [0.3, 0.4) is 0 Å². The summed E-state index contributed by atoms with van der Waals surface area (Å²) in [7, 11) is 0. The number of allylic oxidation sites excluding steroid dienone is 1. The Morgan fingerprint density at radius 1 is 0.833 bits per heavy atom. The van der Waals surface area contributed by atoms with Crippen LogP contribution in [-0.4, -0.2) is 18.3 Å². The lowest BCUT2D eigenvalue weighted by Crippen LogP contribution is -2.10. The molecule has 3 N–H and O–H groups in total. The number of phenolic OH excluding ortho intramolecular Hbond substituents is 1. The highest BCUT2D eigenvalue weighted by Gasteiger charge is 2.14. The van der Waals surface area contributed by atoms with Crippen molar-refractivity contribution >= 4 is 11.1 Å². The van der Waals surface area contributed by atoms with Gasteiger partial charge in [-0.25, -0.2) is 0 Å². The van der Waals surface area contributed by atoms with Crippen molar-refractivity contribution in [1.29, 1.82) is 0 Å². The van der Waals surface area contributed by atoms with Crippen LogP contribution in [0.2, 0.25) is 0 Å². The summed E-state index contributed by atoms with van der Waals surface area (Å²) in [6, 6.07) is 24.4. The largest absolute Gasteiger partial charge is 0.508 e. The van der Waals surface area contributed by atoms with Crippen molar-refractivity contribution in [3.63, 3.8) is 0 Å². The van der Waals surface area contributed by atoms with E-state index in [4.69, 9.17) is 10.5 Å². The fraction of sp³-hybridized carbons (Fsp3) is 0.259. The van der Waals surface area contributed by atoms with Crippen molar-refractivity contribution < 1.29 is 9.84 Å². The monoisotopic (exact) mass is 401 g/mol. The third-order valence-electron chi connectivity index (χ3n) is 5.27. The summed E-state index contributed by atoms with van der Waals surface area (Å²) in [4.78, 5) is 0. The number of nitrogens with two attached hydrogens (primary N) is 1. The molecule has 30 heavy (non-hydrogen) atoms. The van der Waals surface area contributed by atoms with E-state index in [1.807, 2.05) is 24.3 Å². The molecule has 0 fully saturated rings. The van der Waals surface area contributed by atoms with Crippen LogP contribution in [0.5, 0.6) is 11.5 Å². The molecule has 0 unspecified atom stereocenters. The Morgan fingerprint density at radius 3 is 1.87 bits per heavy atom. The van der Waals surface area contributed by atoms with Crippen molar-refractivity contribution in [2.24, 2.45) is 5.73 Å². The number of hydrogen-bond donors (Lipinski definition) is 2. The smallest absolute Gasteiger partial charge is 0.119 e. The molecule has 0 amide bonds. The van der Waals surface area contributed by atoms with E-state index in [-0.39, 0.29) is 5.75 Å². The van der Waals surface area contributed by atoms with Crippen LogP contribution in [-0.2, 0) is 0 Å². The van der Waals surface area contributed by atoms with E-state index in [0.29, 0.717) is 19.1 Å². The van der Waals surface area contributed by atoms with Gasteiger partial charge in [-0.2, -0.15) is 0 Å². The Morgan fingerprint density at radius 2 is 1.37 bits per heavy atom. The third-order valence-corrected chi connectivity index (χ3v) is 5.27. The second kappa shape index (κ2) is 10.1. The summed E-state index contributed by atoms with van der Waals surface area (Å²) >= 11 is 0. The van der Waals surface area contributed by atoms with Gasteiger partial charge < -0.3 is 15.6 Å². The van der Waals surface area contributed by atoms with Gasteiger partial charge in [0.05, 0.1) is 0 Å². The number of benzene rings is 3. The predicted octanol–water partition coefficient (Wildman–Crippen LogP) is 6.22. The molecule has 0 radical (unpaired) electrons. The number of aromatic hydroxyl groups is 1. The minimum absolute atomic E-state index is 0.267. The lowest BCUT2D eigenvalue weighted by molar-refractivity contribution is 0.328. The molecule has 3 nitrogen and oxygen atoms in total. The van der Waals surface area contributed by atoms with Crippen LogP contribution >= 0.6 is 0 Å². The summed E-state index contributed by atoms with van der Waals surface area (Å²) in [5, 5.41) is 9.78. The normalized spacial score (nSPS) is 12.0. The van der Waals surface area contributed by atoms with E-state index < -0.39 is 0 Å². The summed E-state index contributed by atoms with van der Waals surface area (Å²) < 4.78 is 5.64. The van der Waals surface area contributed by atoms with Crippen LogP contribution in [0.15, 0.2) is 72.8 Å². The molecule has 0 aliphatic heterocycles. The SMILES string of the molecule is CC/C(=C(\c1ccc(O)cc1)c1ccc(OCCN)cc1)c1ccc(C(C)C)cc1. The van der Waals surface area contributed by atoms with Crippen LogP contribution in [0.25, 0.3) is 11.1 Å². The molecule has 0 heterocycles. The lowest BCUT2D eigenvalue weighted by atomic mass is 9.87. The zero-order valence-corrected chi connectivity index (χ0v) is 18.1. The Hall–Kier alpha value is -3.04. The molecule has 0 aliphatic rings. The minimum Gasteiger partial charge on any atom is -0.508 e. The number of rotatable bonds is 8. The second-order valence-corrected chi connectivity index (χ2v) is 7.69. The first-order valence-corrected chi connectivity index (χ1v) is 10.6. The molecule has 0 aromatic heterocycles. The Balaban J connectivity index is 2.12. The van der Waals surface area contributed by atoms with E-state index in [2.05, 4.69) is 57.2 Å². The molecule has 0 saturated carbocycles. The second-order valence-electron chi connectivity index (χ2n) is 7.69. The highest BCUT2D eigenvalue weighted by molar-refractivity contribution is 5.98. The molecular formula is C27H31NO2. The molecule has 3 heteroatoms. The average molecular weight is 402 g/mol. The molecular weight excluding hydrogens is 370 g/mol. The van der Waals surface area contributed by atoms with Crippen molar-refractivity contribution in [3.05, 3.63) is 95.1 Å². The summed E-state index contributed by atoms with van der Waals surface area (Å²) in [5.74, 6) is 1.59. The number of ether oxygens (including phenoxy) is 1. The van der Waals surface area contributed by atoms with Gasteiger partial charge in [0.25, 0.3) is 0 Å². The zero-order valence-electron chi connectivity index (χ0n) is 18.1. The Kier molecular flexibility index (Phi) is 7.31. The first-order chi connectivity index (χ1) is 14.5. The molecule has 0 atom stereocenters. The summed E-state index contributed by atoms with van der Waals surface area (Å²) in [5.41, 5.74) is 12.7. The molecule has 0 spiro atoms. The molecule has 0 aliphatic carbocycles. The highest BCUT2D eigenvalue weighted by Crippen LogP contribution is 2.36. The number of hydrogen-bond acceptors (Lipinski definition) is 3. The van der Waals surface area contributed by atoms with Gasteiger partial charge in [0, 0.05) is 6.54 Å². The number of phenols is 1. The van der Waals surface area contributed by atoms with E-state index >= 15 is 0 Å². The van der Waals surface area contributed by atoms with E-state index in [1.54, 1.807) is 12.1 Å². The zero-order chi connectivity index (χ0) is 21.5. The van der Waals surface area contributed by atoms with Gasteiger partial charge in [0.2, 0.25) is 0 Å². The predicted molar refractivity (Wildman–Crippen MR) is 126 cm³/mol. The van der Waals surface area contributed by atoms with Crippen LogP contribution < -0.4 is 10.5 Å². The minimum atomic E-state index is 0.267. The molecule has 3 aromatic rings. The van der Waals surface area contributed by atoms with Gasteiger partial charge in [-0.05, 0) is 70.0 Å². The van der Waals surface area contributed by atoms with Gasteiger partial charge in [-0.15, -0.1) is 0 Å². The standard InChI is InChI=1S/C27H31NO2/c1-4-26(21-7-5-20(6-8-21)19(2)3)27(22-9-13-24(29)14-10-22)23-11-15-25(16-12-23)30-18-17-28/h5-16,19,29H,4,17-18,28H2,1-3H3/b27-26-. The van der Waals surface area contributed by atoms with Crippen LogP contribution in [0.4, 0.5) is 0 Å². The van der Waals surface area contributed by atoms with Crippen molar-refractivity contribution in [2.45, 2.75) is 33.1 Å². The highest BCUT2D eigenvalue weighted by atomic mass is 16.5. The maximum absolute atomic E-state index is 9.78. The van der Waals surface area contributed by atoms with Crippen molar-refractivity contribution in [3.8, 4) is 11.5 Å². The fourth-order valence-electron chi connectivity index (χ4n) is 3.63. The molecule has 3 rings (SSSR count). The molecule has 156 valence electrons. The van der Waals surface area contributed by atoms with Gasteiger partial charge in [0.1, 0.15) is 18.1 Å². The average Bonchev–Trinajstić information content (AvgIpc) is 2.77. The van der Waals surface area contributed by atoms with Gasteiger partial charge in [-0.3, -0.25) is 0 Å². The van der Waals surface area contributed by atoms with E-state index in [9.17, 15) is 5.11 Å². The maximum atomic E-state index is 9.78. The van der Waals surface area contributed by atoms with Crippen LogP contribution in [0.1, 0.15) is 55.4 Å². The van der Waals surface area contributed by atoms with Crippen molar-refractivity contribution in [1.82, 2.24) is 0 Å². The Labute approximate surface area is 179 Å². The van der Waals surface area contributed by atoms with Gasteiger partial charge in [0.15, 0.2) is 0 Å². The van der Waals surface area contributed by atoms with E-state index in [1.165, 1.54) is 22.3 Å². The maximum Gasteiger partial charge on any atom is 0.119 e. The molecule has 3 aromatic carbocycles. The van der Waals surface area contributed by atoms with Gasteiger partial charge >= 0.3 is 0 Å².